The summed E-state index contributed by atoms with van der Waals surface area (Å²) in [5, 5.41) is 20.6. The summed E-state index contributed by atoms with van der Waals surface area (Å²) < 4.78 is 18.4. The SMILES string of the molecule is Cc1c(COc2cc(OCc3cncc(C#N)c3)c(C=O)cc2Cl)cccc1-c1cccc(OCCCN2CCC(O)(c3ccccc3)C2)c1C. The summed E-state index contributed by atoms with van der Waals surface area (Å²) in [4.78, 5) is 18.2. The Labute approximate surface area is 303 Å². The minimum Gasteiger partial charge on any atom is -0.493 e. The lowest BCUT2D eigenvalue weighted by Crippen LogP contribution is -2.31. The van der Waals surface area contributed by atoms with Gasteiger partial charge < -0.3 is 19.3 Å². The van der Waals surface area contributed by atoms with E-state index in [-0.39, 0.29) is 13.2 Å². The molecule has 5 aromatic rings. The normalized spacial score (nSPS) is 15.7. The number of carbonyl (C=O) groups is 1. The number of carbonyl (C=O) groups excluding carboxylic acids is 1. The second kappa shape index (κ2) is 16.2. The van der Waals surface area contributed by atoms with Crippen molar-refractivity contribution in [3.63, 3.8) is 0 Å². The number of hydrogen-bond acceptors (Lipinski definition) is 8. The summed E-state index contributed by atoms with van der Waals surface area (Å²) >= 11 is 6.52. The Kier molecular flexibility index (Phi) is 11.3. The lowest BCUT2D eigenvalue weighted by molar-refractivity contribution is 0.0456. The molecule has 1 aliphatic rings. The topological polar surface area (TPSA) is 105 Å². The van der Waals surface area contributed by atoms with Crippen LogP contribution in [0.5, 0.6) is 17.2 Å². The first-order valence-electron chi connectivity index (χ1n) is 17.0. The number of aromatic nitrogens is 1. The number of aldehydes is 1. The van der Waals surface area contributed by atoms with Gasteiger partial charge in [-0.25, -0.2) is 0 Å². The van der Waals surface area contributed by atoms with Gasteiger partial charge in [-0.1, -0.05) is 72.3 Å². The van der Waals surface area contributed by atoms with Crippen molar-refractivity contribution < 1.29 is 24.1 Å². The third-order valence-corrected chi connectivity index (χ3v) is 9.72. The molecule has 1 aliphatic heterocycles. The van der Waals surface area contributed by atoms with Crippen LogP contribution in [-0.2, 0) is 18.8 Å². The number of benzene rings is 4. The first-order chi connectivity index (χ1) is 24.8. The van der Waals surface area contributed by atoms with Crippen molar-refractivity contribution in [2.75, 3.05) is 26.2 Å². The molecule has 1 saturated heterocycles. The predicted octanol–water partition coefficient (Wildman–Crippen LogP) is 8.22. The molecule has 1 fully saturated rings. The Balaban J connectivity index is 1.08. The molecule has 0 amide bonds. The molecule has 1 atom stereocenters. The third-order valence-electron chi connectivity index (χ3n) is 9.43. The van der Waals surface area contributed by atoms with E-state index in [4.69, 9.17) is 31.1 Å². The van der Waals surface area contributed by atoms with Gasteiger partial charge >= 0.3 is 0 Å². The van der Waals surface area contributed by atoms with Crippen LogP contribution in [0.2, 0.25) is 5.02 Å². The van der Waals surface area contributed by atoms with E-state index in [1.807, 2.05) is 54.6 Å². The second-order valence-electron chi connectivity index (χ2n) is 12.9. The molecule has 0 radical (unpaired) electrons. The molecule has 9 heteroatoms. The molecule has 4 aromatic carbocycles. The van der Waals surface area contributed by atoms with Gasteiger partial charge in [0.05, 0.1) is 22.8 Å². The number of β-amino-alcohol motifs (C(OH)–C–C–N with tert-alkyl or cyclic N) is 1. The van der Waals surface area contributed by atoms with E-state index in [1.165, 1.54) is 12.3 Å². The minimum absolute atomic E-state index is 0.116. The molecular formula is C42H40ClN3O5. The van der Waals surface area contributed by atoms with Crippen LogP contribution in [0.25, 0.3) is 11.1 Å². The van der Waals surface area contributed by atoms with Crippen LogP contribution in [-0.4, -0.2) is 47.5 Å². The molecule has 0 saturated carbocycles. The Morgan fingerprint density at radius 2 is 1.67 bits per heavy atom. The van der Waals surface area contributed by atoms with Gasteiger partial charge in [0.1, 0.15) is 42.1 Å². The van der Waals surface area contributed by atoms with Crippen LogP contribution < -0.4 is 14.2 Å². The van der Waals surface area contributed by atoms with E-state index in [9.17, 15) is 9.90 Å². The average Bonchev–Trinajstić information content (AvgIpc) is 3.55. The van der Waals surface area contributed by atoms with E-state index < -0.39 is 5.60 Å². The molecule has 0 aliphatic carbocycles. The van der Waals surface area contributed by atoms with Crippen molar-refractivity contribution in [3.05, 3.63) is 141 Å². The lowest BCUT2D eigenvalue weighted by Gasteiger charge is -2.24. The van der Waals surface area contributed by atoms with Gasteiger partial charge in [-0.3, -0.25) is 14.7 Å². The van der Waals surface area contributed by atoms with Gasteiger partial charge in [-0.05, 0) is 78.3 Å². The Hall–Kier alpha value is -5.20. The number of pyridine rings is 1. The molecule has 2 heterocycles. The Morgan fingerprint density at radius 3 is 2.45 bits per heavy atom. The maximum absolute atomic E-state index is 11.8. The van der Waals surface area contributed by atoms with E-state index in [0.29, 0.717) is 52.6 Å². The first-order valence-corrected chi connectivity index (χ1v) is 17.4. The number of likely N-dealkylation sites (tertiary alicyclic amines) is 1. The molecular weight excluding hydrogens is 662 g/mol. The summed E-state index contributed by atoms with van der Waals surface area (Å²) in [5.74, 6) is 1.55. The lowest BCUT2D eigenvalue weighted by atomic mass is 9.93. The van der Waals surface area contributed by atoms with E-state index >= 15 is 0 Å². The van der Waals surface area contributed by atoms with Crippen molar-refractivity contribution in [1.82, 2.24) is 9.88 Å². The Bertz CT molecular complexity index is 2050. The van der Waals surface area contributed by atoms with Gasteiger partial charge in [0.15, 0.2) is 6.29 Å². The van der Waals surface area contributed by atoms with E-state index in [1.54, 1.807) is 18.3 Å². The molecule has 6 rings (SSSR count). The molecule has 1 unspecified atom stereocenters. The molecule has 0 spiro atoms. The van der Waals surface area contributed by atoms with Gasteiger partial charge in [-0.15, -0.1) is 0 Å². The number of aliphatic hydroxyl groups is 1. The Morgan fingerprint density at radius 1 is 0.902 bits per heavy atom. The zero-order chi connectivity index (χ0) is 35.8. The molecule has 8 nitrogen and oxygen atoms in total. The molecule has 51 heavy (non-hydrogen) atoms. The summed E-state index contributed by atoms with van der Waals surface area (Å²) in [6, 6.07) is 29.1. The van der Waals surface area contributed by atoms with Gasteiger partial charge in [0.2, 0.25) is 0 Å². The first kappa shape index (κ1) is 35.6. The average molecular weight is 702 g/mol. The summed E-state index contributed by atoms with van der Waals surface area (Å²) in [7, 11) is 0. The highest BCUT2D eigenvalue weighted by atomic mass is 35.5. The zero-order valence-corrected chi connectivity index (χ0v) is 29.5. The zero-order valence-electron chi connectivity index (χ0n) is 28.8. The van der Waals surface area contributed by atoms with Crippen molar-refractivity contribution in [3.8, 4) is 34.4 Å². The molecule has 0 bridgehead atoms. The number of hydrogen-bond donors (Lipinski definition) is 1. The van der Waals surface area contributed by atoms with Crippen LogP contribution in [0, 0.1) is 25.2 Å². The van der Waals surface area contributed by atoms with Crippen LogP contribution in [0.15, 0.2) is 97.3 Å². The highest BCUT2D eigenvalue weighted by Crippen LogP contribution is 2.36. The van der Waals surface area contributed by atoms with Crippen molar-refractivity contribution in [1.29, 1.82) is 5.26 Å². The highest BCUT2D eigenvalue weighted by molar-refractivity contribution is 6.32. The van der Waals surface area contributed by atoms with Crippen molar-refractivity contribution >= 4 is 17.9 Å². The van der Waals surface area contributed by atoms with Crippen molar-refractivity contribution in [2.24, 2.45) is 0 Å². The molecule has 260 valence electrons. The van der Waals surface area contributed by atoms with E-state index in [0.717, 1.165) is 65.1 Å². The highest BCUT2D eigenvalue weighted by Gasteiger charge is 2.37. The summed E-state index contributed by atoms with van der Waals surface area (Å²) in [6.07, 6.45) is 5.36. The van der Waals surface area contributed by atoms with Crippen LogP contribution in [0.1, 0.15) is 56.6 Å². The fourth-order valence-corrected chi connectivity index (χ4v) is 6.76. The molecule has 1 aromatic heterocycles. The third kappa shape index (κ3) is 8.41. The second-order valence-corrected chi connectivity index (χ2v) is 13.3. The standard InChI is InChI=1S/C42H40ClN3O5/c1-29-33(27-51-41-21-40(34(25-47)20-38(41)43)50-26-32-19-31(22-44)23-45-24-32)9-6-12-36(29)37-13-7-14-39(30(37)2)49-18-8-16-46-17-15-42(48,28-46)35-10-4-3-5-11-35/h3-7,9-14,19-21,23-25,48H,8,15-18,26-28H2,1-2H3. The van der Waals surface area contributed by atoms with Gasteiger partial charge in [0, 0.05) is 43.7 Å². The fraction of sp³-hybridized carbons (Fsp3) is 0.262. The minimum atomic E-state index is -0.791. The molecule has 1 N–H and O–H groups in total. The summed E-state index contributed by atoms with van der Waals surface area (Å²) in [6.45, 7) is 7.45. The monoisotopic (exact) mass is 701 g/mol. The smallest absolute Gasteiger partial charge is 0.153 e. The van der Waals surface area contributed by atoms with Gasteiger partial charge in [0.25, 0.3) is 0 Å². The van der Waals surface area contributed by atoms with Crippen LogP contribution in [0.4, 0.5) is 0 Å². The number of ether oxygens (including phenoxy) is 3. The van der Waals surface area contributed by atoms with Gasteiger partial charge in [-0.2, -0.15) is 5.26 Å². The van der Waals surface area contributed by atoms with Crippen LogP contribution in [0.3, 0.4) is 0 Å². The number of rotatable bonds is 14. The number of nitriles is 1. The fourth-order valence-electron chi connectivity index (χ4n) is 6.53. The van der Waals surface area contributed by atoms with Crippen LogP contribution >= 0.6 is 11.6 Å². The largest absolute Gasteiger partial charge is 0.493 e. The maximum Gasteiger partial charge on any atom is 0.153 e. The number of halogens is 1. The number of nitrogens with zero attached hydrogens (tertiary/aromatic N) is 3. The predicted molar refractivity (Wildman–Crippen MR) is 197 cm³/mol. The maximum atomic E-state index is 11.8. The summed E-state index contributed by atoms with van der Waals surface area (Å²) in [5.41, 5.74) is 6.87. The van der Waals surface area contributed by atoms with Crippen molar-refractivity contribution in [2.45, 2.75) is 45.5 Å². The quantitative estimate of drug-likeness (QED) is 0.0912. The van der Waals surface area contributed by atoms with E-state index in [2.05, 4.69) is 41.9 Å².